The number of pyridine rings is 2. The summed E-state index contributed by atoms with van der Waals surface area (Å²) in [6.07, 6.45) is 1.74. The van der Waals surface area contributed by atoms with Gasteiger partial charge in [-0.3, -0.25) is 14.8 Å². The summed E-state index contributed by atoms with van der Waals surface area (Å²) in [5.41, 5.74) is 3.77. The van der Waals surface area contributed by atoms with Gasteiger partial charge < -0.3 is 5.32 Å². The quantitative estimate of drug-likeness (QED) is 0.573. The number of carbonyl (C=O) groups is 1. The molecule has 3 aromatic heterocycles. The number of fused-ring (bicyclic) bond motifs is 1. The van der Waals surface area contributed by atoms with Crippen LogP contribution in [0.15, 0.2) is 66.2 Å². The van der Waals surface area contributed by atoms with Gasteiger partial charge in [0.25, 0.3) is 5.91 Å². The molecule has 0 spiro atoms. The van der Waals surface area contributed by atoms with Crippen LogP contribution in [0.3, 0.4) is 0 Å². The number of amides is 1. The van der Waals surface area contributed by atoms with Crippen LogP contribution in [0.5, 0.6) is 0 Å². The lowest BCUT2D eigenvalue weighted by Gasteiger charge is -2.10. The highest BCUT2D eigenvalue weighted by Gasteiger charge is 2.13. The number of hydrogen-bond acceptors (Lipinski definition) is 4. The second-order valence-electron chi connectivity index (χ2n) is 5.64. The zero-order chi connectivity index (χ0) is 17.2. The third-order valence-corrected chi connectivity index (χ3v) is 4.89. The van der Waals surface area contributed by atoms with Crippen molar-refractivity contribution in [2.24, 2.45) is 0 Å². The highest BCUT2D eigenvalue weighted by atomic mass is 32.1. The fraction of sp³-hybridized carbons (Fsp3) is 0.0500. The van der Waals surface area contributed by atoms with Gasteiger partial charge in [-0.25, -0.2) is 0 Å². The van der Waals surface area contributed by atoms with E-state index in [2.05, 4.69) is 15.3 Å². The summed E-state index contributed by atoms with van der Waals surface area (Å²) in [5.74, 6) is -0.168. The van der Waals surface area contributed by atoms with E-state index < -0.39 is 0 Å². The number of anilines is 1. The first kappa shape index (κ1) is 15.5. The first-order chi connectivity index (χ1) is 12.2. The van der Waals surface area contributed by atoms with E-state index in [0.29, 0.717) is 11.3 Å². The predicted octanol–water partition coefficient (Wildman–Crippen LogP) is 4.92. The molecule has 122 valence electrons. The summed E-state index contributed by atoms with van der Waals surface area (Å²) in [6.45, 7) is 1.86. The number of rotatable bonds is 3. The maximum Gasteiger partial charge on any atom is 0.257 e. The van der Waals surface area contributed by atoms with Gasteiger partial charge in [-0.1, -0.05) is 12.1 Å². The highest BCUT2D eigenvalue weighted by molar-refractivity contribution is 7.13. The first-order valence-corrected chi connectivity index (χ1v) is 8.77. The van der Waals surface area contributed by atoms with Crippen LogP contribution in [0, 0.1) is 6.92 Å². The van der Waals surface area contributed by atoms with Crippen LogP contribution >= 0.6 is 11.3 Å². The number of hydrogen-bond donors (Lipinski definition) is 1. The van der Waals surface area contributed by atoms with Crippen molar-refractivity contribution in [3.8, 4) is 10.6 Å². The lowest BCUT2D eigenvalue weighted by atomic mass is 10.1. The smallest absolute Gasteiger partial charge is 0.257 e. The molecule has 0 fully saturated rings. The summed E-state index contributed by atoms with van der Waals surface area (Å²) in [6, 6.07) is 17.2. The maximum atomic E-state index is 12.7. The minimum atomic E-state index is -0.168. The molecular formula is C20H15N3OS. The standard InChI is InChI=1S/C20H15N3OS/c1-13-14(9-10-18(22-13)19-8-4-12-25-19)20(24)23-17-7-2-6-16-15(17)5-3-11-21-16/h2-12H,1H3,(H,23,24). The van der Waals surface area contributed by atoms with E-state index in [1.54, 1.807) is 17.5 Å². The Morgan fingerprint density at radius 3 is 2.76 bits per heavy atom. The fourth-order valence-electron chi connectivity index (χ4n) is 2.76. The van der Waals surface area contributed by atoms with Crippen molar-refractivity contribution in [1.29, 1.82) is 0 Å². The molecule has 1 aromatic carbocycles. The molecule has 25 heavy (non-hydrogen) atoms. The van der Waals surface area contributed by atoms with Crippen LogP contribution in [0.4, 0.5) is 5.69 Å². The molecule has 0 atom stereocenters. The van der Waals surface area contributed by atoms with Crippen LogP contribution in [-0.2, 0) is 0 Å². The van der Waals surface area contributed by atoms with Gasteiger partial charge in [0.2, 0.25) is 0 Å². The third-order valence-electron chi connectivity index (χ3n) is 4.00. The van der Waals surface area contributed by atoms with E-state index in [1.807, 2.05) is 66.9 Å². The van der Waals surface area contributed by atoms with E-state index in [1.165, 1.54) is 0 Å². The monoisotopic (exact) mass is 345 g/mol. The van der Waals surface area contributed by atoms with Crippen LogP contribution in [-0.4, -0.2) is 15.9 Å². The molecule has 0 radical (unpaired) electrons. The van der Waals surface area contributed by atoms with Gasteiger partial charge in [-0.2, -0.15) is 0 Å². The minimum absolute atomic E-state index is 0.168. The van der Waals surface area contributed by atoms with Gasteiger partial charge in [0, 0.05) is 11.6 Å². The number of aryl methyl sites for hydroxylation is 1. The normalized spacial score (nSPS) is 10.8. The fourth-order valence-corrected chi connectivity index (χ4v) is 3.46. The molecule has 4 rings (SSSR count). The zero-order valence-corrected chi connectivity index (χ0v) is 14.4. The highest BCUT2D eigenvalue weighted by Crippen LogP contribution is 2.25. The van der Waals surface area contributed by atoms with Gasteiger partial charge in [0.05, 0.1) is 33.0 Å². The molecule has 0 unspecified atom stereocenters. The van der Waals surface area contributed by atoms with Gasteiger partial charge in [-0.05, 0) is 54.8 Å². The van der Waals surface area contributed by atoms with Gasteiger partial charge in [0.1, 0.15) is 0 Å². The Bertz CT molecular complexity index is 1050. The Labute approximate surface area is 149 Å². The van der Waals surface area contributed by atoms with Crippen molar-refractivity contribution >= 4 is 33.8 Å². The Kier molecular flexibility index (Phi) is 3.99. The van der Waals surface area contributed by atoms with Crippen LogP contribution < -0.4 is 5.32 Å². The van der Waals surface area contributed by atoms with Gasteiger partial charge in [0.15, 0.2) is 0 Å². The molecule has 0 aliphatic carbocycles. The molecule has 0 bridgehead atoms. The number of nitrogens with zero attached hydrogens (tertiary/aromatic N) is 2. The second kappa shape index (κ2) is 6.45. The van der Waals surface area contributed by atoms with Crippen LogP contribution in [0.25, 0.3) is 21.5 Å². The van der Waals surface area contributed by atoms with Crippen LogP contribution in [0.1, 0.15) is 16.1 Å². The van der Waals surface area contributed by atoms with E-state index in [-0.39, 0.29) is 5.91 Å². The predicted molar refractivity (Wildman–Crippen MR) is 102 cm³/mol. The van der Waals surface area contributed by atoms with E-state index in [4.69, 9.17) is 0 Å². The molecule has 4 nitrogen and oxygen atoms in total. The van der Waals surface area contributed by atoms with Gasteiger partial charge >= 0.3 is 0 Å². The van der Waals surface area contributed by atoms with Crippen molar-refractivity contribution in [2.45, 2.75) is 6.92 Å². The molecule has 5 heteroatoms. The average Bonchev–Trinajstić information content (AvgIpc) is 3.16. The average molecular weight is 345 g/mol. The second-order valence-corrected chi connectivity index (χ2v) is 6.58. The Morgan fingerprint density at radius 2 is 1.96 bits per heavy atom. The molecular weight excluding hydrogens is 330 g/mol. The molecule has 0 aliphatic rings. The molecule has 1 amide bonds. The zero-order valence-electron chi connectivity index (χ0n) is 13.6. The van der Waals surface area contributed by atoms with Crippen molar-refractivity contribution in [3.05, 3.63) is 77.4 Å². The van der Waals surface area contributed by atoms with E-state index in [9.17, 15) is 4.79 Å². The summed E-state index contributed by atoms with van der Waals surface area (Å²) in [5, 5.41) is 5.91. The van der Waals surface area contributed by atoms with Gasteiger partial charge in [-0.15, -0.1) is 11.3 Å². The summed E-state index contributed by atoms with van der Waals surface area (Å²) < 4.78 is 0. The molecule has 1 N–H and O–H groups in total. The number of nitrogens with one attached hydrogen (secondary N) is 1. The lowest BCUT2D eigenvalue weighted by Crippen LogP contribution is -2.14. The summed E-state index contributed by atoms with van der Waals surface area (Å²) >= 11 is 1.63. The minimum Gasteiger partial charge on any atom is -0.321 e. The number of thiophene rings is 1. The van der Waals surface area contributed by atoms with Crippen molar-refractivity contribution in [3.63, 3.8) is 0 Å². The molecule has 3 heterocycles. The largest absolute Gasteiger partial charge is 0.321 e. The third kappa shape index (κ3) is 3.02. The number of benzene rings is 1. The SMILES string of the molecule is Cc1nc(-c2cccs2)ccc1C(=O)Nc1cccc2ncccc12. The van der Waals surface area contributed by atoms with Crippen molar-refractivity contribution < 1.29 is 4.79 Å². The van der Waals surface area contributed by atoms with Crippen LogP contribution in [0.2, 0.25) is 0 Å². The van der Waals surface area contributed by atoms with Crippen molar-refractivity contribution in [2.75, 3.05) is 5.32 Å². The molecule has 4 aromatic rings. The maximum absolute atomic E-state index is 12.7. The summed E-state index contributed by atoms with van der Waals surface area (Å²) in [7, 11) is 0. The topological polar surface area (TPSA) is 54.9 Å². The summed E-state index contributed by atoms with van der Waals surface area (Å²) in [4.78, 5) is 22.7. The molecule has 0 saturated carbocycles. The molecule has 0 aliphatic heterocycles. The molecule has 0 saturated heterocycles. The number of carbonyl (C=O) groups excluding carboxylic acids is 1. The Hall–Kier alpha value is -3.05. The number of aromatic nitrogens is 2. The van der Waals surface area contributed by atoms with E-state index >= 15 is 0 Å². The Balaban J connectivity index is 1.65. The first-order valence-electron chi connectivity index (χ1n) is 7.89. The van der Waals surface area contributed by atoms with Crippen molar-refractivity contribution in [1.82, 2.24) is 9.97 Å². The Morgan fingerprint density at radius 1 is 1.04 bits per heavy atom. The van der Waals surface area contributed by atoms with E-state index in [0.717, 1.165) is 27.2 Å². The lowest BCUT2D eigenvalue weighted by molar-refractivity contribution is 0.102.